The van der Waals surface area contributed by atoms with Crippen LogP contribution in [0.25, 0.3) is 32.7 Å². The zero-order chi connectivity index (χ0) is 27.6. The molecule has 0 aliphatic heterocycles. The molecular formula is C31H32N4O3S. The second kappa shape index (κ2) is 11.0. The Labute approximate surface area is 232 Å². The highest BCUT2D eigenvalue weighted by Crippen LogP contribution is 2.41. The molecule has 0 saturated heterocycles. The van der Waals surface area contributed by atoms with Crippen LogP contribution >= 0.6 is 11.3 Å². The monoisotopic (exact) mass is 540 g/mol. The number of hydrogen-bond donors (Lipinski definition) is 0. The molecule has 0 N–H and O–H groups in total. The Bertz CT molecular complexity index is 1570. The number of benzene rings is 2. The van der Waals surface area contributed by atoms with E-state index in [0.717, 1.165) is 27.6 Å². The third-order valence-corrected chi connectivity index (χ3v) is 7.36. The largest absolute Gasteiger partial charge is 0.443 e. The molecule has 0 aliphatic carbocycles. The topological polar surface area (TPSA) is 81.4 Å². The fourth-order valence-corrected chi connectivity index (χ4v) is 5.46. The first-order valence-corrected chi connectivity index (χ1v) is 13.8. The first-order valence-electron chi connectivity index (χ1n) is 13.0. The van der Waals surface area contributed by atoms with Gasteiger partial charge in [-0.05, 0) is 68.7 Å². The highest BCUT2D eigenvalue weighted by molar-refractivity contribution is 7.19. The molecule has 7 nitrogen and oxygen atoms in total. The number of aryl methyl sites for hydroxylation is 1. The van der Waals surface area contributed by atoms with Gasteiger partial charge in [0.05, 0.1) is 11.1 Å². The molecule has 0 spiro atoms. The standard InChI is InChI=1S/C31H32N4O3S/c1-20-6-8-22(9-7-20)14-21(2)18-35(30(36)38-31(3,4)5)29-34-27(26-17-33-19-37-26)28(39-29)24-10-11-25-16-32-13-12-23(25)15-24/h6-13,15-17,19,21H,14,18H2,1-5H3/t21-/m0/s1. The van der Waals surface area contributed by atoms with Crippen molar-refractivity contribution in [2.75, 3.05) is 11.4 Å². The third kappa shape index (κ3) is 6.34. The fourth-order valence-electron chi connectivity index (χ4n) is 4.39. The summed E-state index contributed by atoms with van der Waals surface area (Å²) in [6.07, 6.45) is 7.05. The number of carbonyl (C=O) groups excluding carboxylic acids is 1. The number of aromatic nitrogens is 3. The van der Waals surface area contributed by atoms with Gasteiger partial charge in [-0.3, -0.25) is 9.88 Å². The van der Waals surface area contributed by atoms with Gasteiger partial charge in [0, 0.05) is 24.3 Å². The second-order valence-corrected chi connectivity index (χ2v) is 11.8. The molecule has 3 heterocycles. The van der Waals surface area contributed by atoms with Crippen molar-refractivity contribution in [2.45, 2.75) is 46.6 Å². The molecule has 5 rings (SSSR count). The minimum absolute atomic E-state index is 0.162. The van der Waals surface area contributed by atoms with Gasteiger partial charge in [0.25, 0.3) is 0 Å². The number of ether oxygens (including phenoxy) is 1. The number of amides is 1. The molecule has 200 valence electrons. The van der Waals surface area contributed by atoms with Crippen LogP contribution in [-0.2, 0) is 11.2 Å². The number of nitrogens with zero attached hydrogens (tertiary/aromatic N) is 4. The number of rotatable bonds is 7. The van der Waals surface area contributed by atoms with E-state index in [1.807, 2.05) is 45.2 Å². The van der Waals surface area contributed by atoms with Crippen LogP contribution in [0.2, 0.25) is 0 Å². The molecule has 1 atom stereocenters. The van der Waals surface area contributed by atoms with Crippen LogP contribution in [0.4, 0.5) is 9.93 Å². The minimum atomic E-state index is -0.643. The van der Waals surface area contributed by atoms with Gasteiger partial charge in [-0.15, -0.1) is 0 Å². The quantitative estimate of drug-likeness (QED) is 0.208. The van der Waals surface area contributed by atoms with E-state index < -0.39 is 11.7 Å². The summed E-state index contributed by atoms with van der Waals surface area (Å²) in [5, 5.41) is 2.67. The molecule has 8 heteroatoms. The number of thiazole rings is 1. The van der Waals surface area contributed by atoms with Crippen molar-refractivity contribution in [3.05, 3.63) is 84.6 Å². The summed E-state index contributed by atoms with van der Waals surface area (Å²) < 4.78 is 11.5. The molecule has 3 aromatic heterocycles. The zero-order valence-corrected chi connectivity index (χ0v) is 23.7. The van der Waals surface area contributed by atoms with Gasteiger partial charge in [-0.25, -0.2) is 14.8 Å². The maximum Gasteiger partial charge on any atom is 0.416 e. The molecular weight excluding hydrogens is 508 g/mol. The van der Waals surface area contributed by atoms with Crippen molar-refractivity contribution in [1.82, 2.24) is 15.0 Å². The second-order valence-electron chi connectivity index (χ2n) is 10.9. The summed E-state index contributed by atoms with van der Waals surface area (Å²) in [7, 11) is 0. The van der Waals surface area contributed by atoms with Crippen molar-refractivity contribution in [3.8, 4) is 21.9 Å². The normalized spacial score (nSPS) is 12.4. The van der Waals surface area contributed by atoms with Crippen molar-refractivity contribution in [2.24, 2.45) is 5.92 Å². The van der Waals surface area contributed by atoms with Crippen LogP contribution in [0.3, 0.4) is 0 Å². The zero-order valence-electron chi connectivity index (χ0n) is 22.8. The summed E-state index contributed by atoms with van der Waals surface area (Å²) in [6.45, 7) is 10.3. The van der Waals surface area contributed by atoms with Crippen LogP contribution in [0, 0.1) is 12.8 Å². The molecule has 1 amide bonds. The number of hydrogen-bond acceptors (Lipinski definition) is 7. The lowest BCUT2D eigenvalue weighted by molar-refractivity contribution is 0.0575. The van der Waals surface area contributed by atoms with Gasteiger partial charge >= 0.3 is 6.09 Å². The fraction of sp³-hybridized carbons (Fsp3) is 0.290. The van der Waals surface area contributed by atoms with E-state index in [-0.39, 0.29) is 5.92 Å². The first-order chi connectivity index (χ1) is 18.7. The van der Waals surface area contributed by atoms with E-state index in [1.165, 1.54) is 28.9 Å². The number of fused-ring (bicyclic) bond motifs is 1. The Balaban J connectivity index is 1.54. The molecule has 39 heavy (non-hydrogen) atoms. The first kappa shape index (κ1) is 26.6. The van der Waals surface area contributed by atoms with E-state index in [9.17, 15) is 4.79 Å². The van der Waals surface area contributed by atoms with Crippen LogP contribution in [0.5, 0.6) is 0 Å². The number of carbonyl (C=O) groups is 1. The third-order valence-electron chi connectivity index (χ3n) is 6.23. The molecule has 0 unspecified atom stereocenters. The molecule has 0 bridgehead atoms. The highest BCUT2D eigenvalue weighted by Gasteiger charge is 2.29. The van der Waals surface area contributed by atoms with Crippen molar-refractivity contribution < 1.29 is 13.9 Å². The molecule has 5 aromatic rings. The summed E-state index contributed by atoms with van der Waals surface area (Å²) in [4.78, 5) is 29.3. The highest BCUT2D eigenvalue weighted by atomic mass is 32.1. The lowest BCUT2D eigenvalue weighted by atomic mass is 10.00. The summed E-state index contributed by atoms with van der Waals surface area (Å²) in [5.74, 6) is 0.702. The Hall–Kier alpha value is -4.04. The lowest BCUT2D eigenvalue weighted by Crippen LogP contribution is -2.39. The van der Waals surface area contributed by atoms with Gasteiger partial charge in [0.2, 0.25) is 0 Å². The predicted octanol–water partition coefficient (Wildman–Crippen LogP) is 7.94. The van der Waals surface area contributed by atoms with Gasteiger partial charge in [0.1, 0.15) is 11.3 Å². The Kier molecular flexibility index (Phi) is 7.48. The van der Waals surface area contributed by atoms with Gasteiger partial charge in [0.15, 0.2) is 17.3 Å². The molecule has 2 aromatic carbocycles. The van der Waals surface area contributed by atoms with Gasteiger partial charge < -0.3 is 9.15 Å². The summed E-state index contributed by atoms with van der Waals surface area (Å²) >= 11 is 1.44. The molecule has 0 saturated carbocycles. The average molecular weight is 541 g/mol. The smallest absolute Gasteiger partial charge is 0.416 e. The number of anilines is 1. The van der Waals surface area contributed by atoms with E-state index in [4.69, 9.17) is 14.1 Å². The Morgan fingerprint density at radius 2 is 1.85 bits per heavy atom. The lowest BCUT2D eigenvalue weighted by Gasteiger charge is -2.27. The van der Waals surface area contributed by atoms with Gasteiger partial charge in [-0.1, -0.05) is 60.2 Å². The number of pyridine rings is 1. The summed E-state index contributed by atoms with van der Waals surface area (Å²) in [5.41, 5.74) is 3.42. The predicted molar refractivity (Wildman–Crippen MR) is 156 cm³/mol. The van der Waals surface area contributed by atoms with E-state index in [2.05, 4.69) is 54.1 Å². The van der Waals surface area contributed by atoms with Crippen molar-refractivity contribution in [3.63, 3.8) is 0 Å². The molecule has 0 radical (unpaired) electrons. The van der Waals surface area contributed by atoms with Crippen LogP contribution in [0.15, 0.2) is 77.9 Å². The van der Waals surface area contributed by atoms with Crippen molar-refractivity contribution >= 4 is 33.3 Å². The molecule has 0 aliphatic rings. The van der Waals surface area contributed by atoms with Crippen LogP contribution in [-0.4, -0.2) is 33.2 Å². The van der Waals surface area contributed by atoms with E-state index in [0.29, 0.717) is 23.1 Å². The van der Waals surface area contributed by atoms with Crippen LogP contribution in [0.1, 0.15) is 38.8 Å². The summed E-state index contributed by atoms with van der Waals surface area (Å²) in [6, 6.07) is 16.7. The molecule has 0 fully saturated rings. The van der Waals surface area contributed by atoms with Gasteiger partial charge in [-0.2, -0.15) is 0 Å². The van der Waals surface area contributed by atoms with Crippen molar-refractivity contribution in [1.29, 1.82) is 0 Å². The van der Waals surface area contributed by atoms with Crippen LogP contribution < -0.4 is 4.90 Å². The SMILES string of the molecule is Cc1ccc(C[C@H](C)CN(C(=O)OC(C)(C)C)c2nc(-c3cnco3)c(-c3ccc4cnccc4c3)s2)cc1. The Morgan fingerprint density at radius 1 is 1.05 bits per heavy atom. The van der Waals surface area contributed by atoms with E-state index in [1.54, 1.807) is 17.3 Å². The maximum absolute atomic E-state index is 13.5. The average Bonchev–Trinajstić information content (AvgIpc) is 3.58. The number of oxazole rings is 1. The minimum Gasteiger partial charge on any atom is -0.443 e. The van der Waals surface area contributed by atoms with E-state index >= 15 is 0 Å². The maximum atomic E-state index is 13.5. The Morgan fingerprint density at radius 3 is 2.56 bits per heavy atom.